The highest BCUT2D eigenvalue weighted by molar-refractivity contribution is 7.16. The molecule has 0 aliphatic heterocycles. The Morgan fingerprint density at radius 1 is 1.15 bits per heavy atom. The first kappa shape index (κ1) is 16.7. The van der Waals surface area contributed by atoms with Gasteiger partial charge < -0.3 is 9.63 Å². The average Bonchev–Trinajstić information content (AvgIpc) is 3.34. The molecule has 2 aromatic heterocycles. The number of rotatable bonds is 4. The highest BCUT2D eigenvalue weighted by atomic mass is 32.1. The number of aromatic nitrogens is 2. The van der Waals surface area contributed by atoms with Gasteiger partial charge in [-0.1, -0.05) is 36.4 Å². The summed E-state index contributed by atoms with van der Waals surface area (Å²) in [5, 5.41) is 27.8. The van der Waals surface area contributed by atoms with Crippen molar-refractivity contribution in [3.63, 3.8) is 0 Å². The molecule has 0 atom stereocenters. The van der Waals surface area contributed by atoms with E-state index in [9.17, 15) is 4.79 Å². The molecule has 2 heterocycles. The summed E-state index contributed by atoms with van der Waals surface area (Å²) < 4.78 is 5.39. The predicted molar refractivity (Wildman–Crippen MR) is 102 cm³/mol. The summed E-state index contributed by atoms with van der Waals surface area (Å²) in [6.45, 7) is 0. The monoisotopic (exact) mass is 373 g/mol. The first-order valence-electron chi connectivity index (χ1n) is 7.92. The number of hydrogen-bond donors (Lipinski definition) is 1. The molecule has 130 valence electrons. The van der Waals surface area contributed by atoms with Gasteiger partial charge in [-0.25, -0.2) is 4.79 Å². The van der Waals surface area contributed by atoms with Crippen LogP contribution in [0.2, 0.25) is 0 Å². The second-order valence-electron chi connectivity index (χ2n) is 5.69. The van der Waals surface area contributed by atoms with Crippen LogP contribution in [-0.2, 0) is 4.79 Å². The van der Waals surface area contributed by atoms with E-state index in [1.165, 1.54) is 17.4 Å². The van der Waals surface area contributed by atoms with Crippen molar-refractivity contribution in [3.05, 3.63) is 65.0 Å². The summed E-state index contributed by atoms with van der Waals surface area (Å²) in [5.41, 5.74) is 1.10. The van der Waals surface area contributed by atoms with Gasteiger partial charge >= 0.3 is 5.97 Å². The number of carboxylic acids is 1. The van der Waals surface area contributed by atoms with Crippen molar-refractivity contribution in [2.75, 3.05) is 0 Å². The van der Waals surface area contributed by atoms with Crippen LogP contribution in [0.15, 0.2) is 64.7 Å². The number of nitriles is 1. The van der Waals surface area contributed by atoms with Crippen LogP contribution in [0, 0.1) is 11.3 Å². The maximum Gasteiger partial charge on any atom is 0.346 e. The molecule has 0 saturated carbocycles. The maximum absolute atomic E-state index is 11.0. The Labute approximate surface area is 157 Å². The van der Waals surface area contributed by atoms with Gasteiger partial charge in [-0.05, 0) is 35.0 Å². The minimum atomic E-state index is -1.26. The van der Waals surface area contributed by atoms with Crippen LogP contribution in [0.3, 0.4) is 0 Å². The highest BCUT2D eigenvalue weighted by Crippen LogP contribution is 2.36. The van der Waals surface area contributed by atoms with Crippen molar-refractivity contribution in [1.82, 2.24) is 10.4 Å². The zero-order chi connectivity index (χ0) is 18.8. The number of carboxylic acid groups (broad SMARTS) is 1. The van der Waals surface area contributed by atoms with Crippen LogP contribution >= 0.6 is 11.3 Å². The fourth-order valence-corrected chi connectivity index (χ4v) is 3.65. The zero-order valence-electron chi connectivity index (χ0n) is 13.8. The molecule has 7 heteroatoms. The molecule has 6 nitrogen and oxygen atoms in total. The second-order valence-corrected chi connectivity index (χ2v) is 6.80. The van der Waals surface area contributed by atoms with E-state index in [4.69, 9.17) is 14.9 Å². The molecule has 0 unspecified atom stereocenters. The Balaban J connectivity index is 1.74. The van der Waals surface area contributed by atoms with Crippen molar-refractivity contribution >= 4 is 34.2 Å². The van der Waals surface area contributed by atoms with Gasteiger partial charge in [0.05, 0.1) is 4.88 Å². The van der Waals surface area contributed by atoms with Gasteiger partial charge in [-0.3, -0.25) is 0 Å². The van der Waals surface area contributed by atoms with Crippen LogP contribution in [0.5, 0.6) is 0 Å². The van der Waals surface area contributed by atoms with Gasteiger partial charge in [0.2, 0.25) is 0 Å². The van der Waals surface area contributed by atoms with E-state index >= 15 is 0 Å². The Kier molecular flexibility index (Phi) is 4.24. The summed E-state index contributed by atoms with van der Waals surface area (Å²) in [7, 11) is 0. The van der Waals surface area contributed by atoms with E-state index in [0.29, 0.717) is 16.3 Å². The van der Waals surface area contributed by atoms with Crippen LogP contribution in [0.4, 0.5) is 0 Å². The topological polar surface area (TPSA) is 100 Å². The second kappa shape index (κ2) is 6.86. The van der Waals surface area contributed by atoms with Crippen molar-refractivity contribution in [2.24, 2.45) is 0 Å². The lowest BCUT2D eigenvalue weighted by Gasteiger charge is -2.01. The fourth-order valence-electron chi connectivity index (χ4n) is 2.71. The molecule has 0 aliphatic carbocycles. The fraction of sp³-hybridized carbons (Fsp3) is 0. The summed E-state index contributed by atoms with van der Waals surface area (Å²) in [6, 6.07) is 19.2. The first-order chi connectivity index (χ1) is 13.2. The SMILES string of the molecule is N#CC(=Cc1ccc(-c2nnoc2-c2ccc3ccccc3c2)s1)C(=O)O. The summed E-state index contributed by atoms with van der Waals surface area (Å²) >= 11 is 1.31. The largest absolute Gasteiger partial charge is 0.477 e. The standard InChI is InChI=1S/C20H11N3O3S/c21-11-15(20(24)25)10-16-7-8-17(27-16)18-19(26-23-22-18)14-6-5-12-3-1-2-4-13(12)9-14/h1-10H,(H,24,25). The molecule has 1 N–H and O–H groups in total. The lowest BCUT2D eigenvalue weighted by molar-refractivity contribution is -0.132. The molecule has 27 heavy (non-hydrogen) atoms. The van der Waals surface area contributed by atoms with Crippen LogP contribution < -0.4 is 0 Å². The lowest BCUT2D eigenvalue weighted by Crippen LogP contribution is -1.96. The number of benzene rings is 2. The molecule has 0 spiro atoms. The van der Waals surface area contributed by atoms with Crippen LogP contribution in [0.25, 0.3) is 38.7 Å². The molecule has 4 aromatic rings. The predicted octanol–water partition coefficient (Wildman–Crippen LogP) is 4.61. The third-order valence-electron chi connectivity index (χ3n) is 4.00. The summed E-state index contributed by atoms with van der Waals surface area (Å²) in [4.78, 5) is 12.4. The maximum atomic E-state index is 11.0. The minimum Gasteiger partial charge on any atom is -0.477 e. The minimum absolute atomic E-state index is 0.323. The summed E-state index contributed by atoms with van der Waals surface area (Å²) in [5.74, 6) is -0.718. The highest BCUT2D eigenvalue weighted by Gasteiger charge is 2.17. The Morgan fingerprint density at radius 3 is 2.74 bits per heavy atom. The van der Waals surface area contributed by atoms with E-state index < -0.39 is 5.97 Å². The average molecular weight is 373 g/mol. The molecular formula is C20H11N3O3S. The third-order valence-corrected chi connectivity index (χ3v) is 5.04. The quantitative estimate of drug-likeness (QED) is 0.414. The number of nitrogens with zero attached hydrogens (tertiary/aromatic N) is 3. The van der Waals surface area contributed by atoms with Gasteiger partial charge in [-0.15, -0.1) is 16.4 Å². The van der Waals surface area contributed by atoms with Gasteiger partial charge in [-0.2, -0.15) is 5.26 Å². The summed E-state index contributed by atoms with van der Waals surface area (Å²) in [6.07, 6.45) is 1.33. The smallest absolute Gasteiger partial charge is 0.346 e. The molecule has 2 aromatic carbocycles. The third kappa shape index (κ3) is 3.21. The van der Waals surface area contributed by atoms with Gasteiger partial charge in [0.1, 0.15) is 11.6 Å². The van der Waals surface area contributed by atoms with E-state index in [1.54, 1.807) is 18.2 Å². The molecule has 0 amide bonds. The van der Waals surface area contributed by atoms with E-state index in [0.717, 1.165) is 21.2 Å². The van der Waals surface area contributed by atoms with Gasteiger partial charge in [0.25, 0.3) is 0 Å². The molecule has 0 fully saturated rings. The van der Waals surface area contributed by atoms with Crippen LogP contribution in [0.1, 0.15) is 4.88 Å². The Hall–Kier alpha value is -3.76. The van der Waals surface area contributed by atoms with E-state index in [-0.39, 0.29) is 5.57 Å². The molecule has 4 rings (SSSR count). The number of aliphatic carboxylic acids is 1. The van der Waals surface area contributed by atoms with Crippen molar-refractivity contribution in [3.8, 4) is 28.0 Å². The van der Waals surface area contributed by atoms with Crippen molar-refractivity contribution in [1.29, 1.82) is 5.26 Å². The number of hydrogen-bond acceptors (Lipinski definition) is 6. The van der Waals surface area contributed by atoms with Gasteiger partial charge in [0, 0.05) is 15.7 Å². The molecule has 0 saturated heterocycles. The number of fused-ring (bicyclic) bond motifs is 1. The van der Waals surface area contributed by atoms with E-state index in [1.807, 2.05) is 42.5 Å². The van der Waals surface area contributed by atoms with E-state index in [2.05, 4.69) is 10.4 Å². The molecule has 0 aliphatic rings. The van der Waals surface area contributed by atoms with Gasteiger partial charge in [0.15, 0.2) is 11.5 Å². The van der Waals surface area contributed by atoms with Crippen molar-refractivity contribution in [2.45, 2.75) is 0 Å². The zero-order valence-corrected chi connectivity index (χ0v) is 14.6. The van der Waals surface area contributed by atoms with Crippen LogP contribution in [-0.4, -0.2) is 21.4 Å². The molecule has 0 bridgehead atoms. The molecule has 0 radical (unpaired) electrons. The van der Waals surface area contributed by atoms with Crippen molar-refractivity contribution < 1.29 is 14.4 Å². The number of thiophene rings is 1. The first-order valence-corrected chi connectivity index (χ1v) is 8.74. The normalized spacial score (nSPS) is 11.4. The Bertz CT molecular complexity index is 1230. The molecular weight excluding hydrogens is 362 g/mol. The lowest BCUT2D eigenvalue weighted by atomic mass is 10.0. The Morgan fingerprint density at radius 2 is 1.96 bits per heavy atom. The number of carbonyl (C=O) groups is 1.